The van der Waals surface area contributed by atoms with Gasteiger partial charge < -0.3 is 19.3 Å². The Labute approximate surface area is 145 Å². The molecule has 0 aliphatic heterocycles. The first-order valence-electron chi connectivity index (χ1n) is 7.47. The fourth-order valence-electron chi connectivity index (χ4n) is 2.18. The summed E-state index contributed by atoms with van der Waals surface area (Å²) in [5, 5.41) is 9.96. The number of hydrogen-bond donors (Lipinski definition) is 1. The summed E-state index contributed by atoms with van der Waals surface area (Å²) >= 11 is 5.93. The minimum absolute atomic E-state index is 0.141. The molecular weight excluding hydrogens is 332 g/mol. The number of rotatable bonds is 7. The molecule has 6 heteroatoms. The smallest absolute Gasteiger partial charge is 0.310 e. The van der Waals surface area contributed by atoms with Crippen LogP contribution in [0.25, 0.3) is 0 Å². The Morgan fingerprint density at radius 1 is 1.12 bits per heavy atom. The highest BCUT2D eigenvalue weighted by Gasteiger charge is 2.12. The number of benzene rings is 2. The van der Waals surface area contributed by atoms with Crippen molar-refractivity contribution in [3.8, 4) is 17.2 Å². The number of esters is 1. The number of aliphatic hydroxyl groups excluding tert-OH is 1. The molecule has 128 valence electrons. The number of aliphatic hydroxyl groups is 1. The van der Waals surface area contributed by atoms with Crippen molar-refractivity contribution < 1.29 is 24.1 Å². The molecule has 0 aliphatic carbocycles. The number of hydrogen-bond acceptors (Lipinski definition) is 5. The quantitative estimate of drug-likeness (QED) is 0.771. The van der Waals surface area contributed by atoms with Gasteiger partial charge in [0.05, 0.1) is 26.7 Å². The van der Waals surface area contributed by atoms with Gasteiger partial charge in [-0.05, 0) is 42.8 Å². The Balaban J connectivity index is 2.29. The monoisotopic (exact) mass is 350 g/mol. The van der Waals surface area contributed by atoms with Crippen LogP contribution in [0.2, 0.25) is 5.02 Å². The lowest BCUT2D eigenvalue weighted by molar-refractivity contribution is -0.142. The highest BCUT2D eigenvalue weighted by Crippen LogP contribution is 2.35. The van der Waals surface area contributed by atoms with E-state index in [4.69, 9.17) is 25.8 Å². The van der Waals surface area contributed by atoms with E-state index in [2.05, 4.69) is 0 Å². The van der Waals surface area contributed by atoms with E-state index in [1.54, 1.807) is 43.3 Å². The highest BCUT2D eigenvalue weighted by molar-refractivity contribution is 6.30. The summed E-state index contributed by atoms with van der Waals surface area (Å²) in [4.78, 5) is 11.6. The lowest BCUT2D eigenvalue weighted by Gasteiger charge is -2.14. The molecule has 0 radical (unpaired) electrons. The molecule has 2 aromatic rings. The maximum absolute atomic E-state index is 11.6. The molecule has 0 saturated heterocycles. The maximum atomic E-state index is 11.6. The van der Waals surface area contributed by atoms with Gasteiger partial charge in [-0.1, -0.05) is 17.7 Å². The average Bonchev–Trinajstić information content (AvgIpc) is 2.57. The second-order valence-corrected chi connectivity index (χ2v) is 5.42. The minimum Gasteiger partial charge on any atom is -0.493 e. The van der Waals surface area contributed by atoms with Gasteiger partial charge in [0.25, 0.3) is 0 Å². The molecule has 0 amide bonds. The zero-order valence-electron chi connectivity index (χ0n) is 13.5. The summed E-state index contributed by atoms with van der Waals surface area (Å²) in [6, 6.07) is 10.2. The van der Waals surface area contributed by atoms with E-state index in [-0.39, 0.29) is 19.0 Å². The fraction of sp³-hybridized carbons (Fsp3) is 0.278. The van der Waals surface area contributed by atoms with Crippen LogP contribution in [0.4, 0.5) is 0 Å². The van der Waals surface area contributed by atoms with Crippen LogP contribution in [0, 0.1) is 0 Å². The molecule has 0 heterocycles. The first-order chi connectivity index (χ1) is 11.6. The van der Waals surface area contributed by atoms with Crippen LogP contribution in [0.5, 0.6) is 17.2 Å². The van der Waals surface area contributed by atoms with Gasteiger partial charge in [-0.25, -0.2) is 0 Å². The first kappa shape index (κ1) is 18.1. The van der Waals surface area contributed by atoms with E-state index < -0.39 is 0 Å². The molecule has 0 bridgehead atoms. The number of methoxy groups -OCH3 is 1. The van der Waals surface area contributed by atoms with Crippen molar-refractivity contribution in [2.45, 2.75) is 20.0 Å². The SMILES string of the molecule is CCOC(=O)Cc1ccc(OC)c(Oc2ccc(Cl)cc2CO)c1. The first-order valence-corrected chi connectivity index (χ1v) is 7.84. The van der Waals surface area contributed by atoms with Gasteiger partial charge in [0, 0.05) is 10.6 Å². The Hall–Kier alpha value is -2.24. The Kier molecular flexibility index (Phi) is 6.46. The molecule has 5 nitrogen and oxygen atoms in total. The topological polar surface area (TPSA) is 65.0 Å². The van der Waals surface area contributed by atoms with E-state index in [0.717, 1.165) is 5.56 Å². The van der Waals surface area contributed by atoms with E-state index in [9.17, 15) is 9.90 Å². The highest BCUT2D eigenvalue weighted by atomic mass is 35.5. The van der Waals surface area contributed by atoms with Crippen molar-refractivity contribution in [2.75, 3.05) is 13.7 Å². The summed E-state index contributed by atoms with van der Waals surface area (Å²) in [5.41, 5.74) is 1.30. The molecule has 1 N–H and O–H groups in total. The van der Waals surface area contributed by atoms with Gasteiger partial charge in [-0.15, -0.1) is 0 Å². The number of carbonyl (C=O) groups excluding carboxylic acids is 1. The second-order valence-electron chi connectivity index (χ2n) is 4.98. The summed E-state index contributed by atoms with van der Waals surface area (Å²) in [6.45, 7) is 1.89. The summed E-state index contributed by atoms with van der Waals surface area (Å²) < 4.78 is 16.1. The van der Waals surface area contributed by atoms with E-state index >= 15 is 0 Å². The molecular formula is C18H19ClO5. The standard InChI is InChI=1S/C18H19ClO5/c1-3-23-18(21)9-12-4-6-16(22-2)17(8-12)24-15-7-5-14(19)10-13(15)11-20/h4-8,10,20H,3,9,11H2,1-2H3. The molecule has 0 aromatic heterocycles. The Morgan fingerprint density at radius 2 is 1.88 bits per heavy atom. The molecule has 24 heavy (non-hydrogen) atoms. The van der Waals surface area contributed by atoms with Crippen molar-refractivity contribution in [2.24, 2.45) is 0 Å². The summed E-state index contributed by atoms with van der Waals surface area (Å²) in [6.07, 6.45) is 0.141. The van der Waals surface area contributed by atoms with Crippen LogP contribution in [0.15, 0.2) is 36.4 Å². The van der Waals surface area contributed by atoms with Crippen LogP contribution < -0.4 is 9.47 Å². The van der Waals surface area contributed by atoms with Gasteiger partial charge in [0.1, 0.15) is 5.75 Å². The molecule has 0 atom stereocenters. The fourth-order valence-corrected chi connectivity index (χ4v) is 2.37. The third-order valence-corrected chi connectivity index (χ3v) is 3.53. The number of ether oxygens (including phenoxy) is 3. The van der Waals surface area contributed by atoms with Crippen molar-refractivity contribution in [1.82, 2.24) is 0 Å². The molecule has 0 aliphatic rings. The van der Waals surface area contributed by atoms with E-state index in [0.29, 0.717) is 34.4 Å². The molecule has 0 unspecified atom stereocenters. The molecule has 2 aromatic carbocycles. The molecule has 2 rings (SSSR count). The van der Waals surface area contributed by atoms with Crippen LogP contribution in [0.3, 0.4) is 0 Å². The van der Waals surface area contributed by atoms with Crippen LogP contribution >= 0.6 is 11.6 Å². The zero-order valence-corrected chi connectivity index (χ0v) is 14.3. The normalized spacial score (nSPS) is 10.3. The van der Waals surface area contributed by atoms with Crippen molar-refractivity contribution in [3.05, 3.63) is 52.5 Å². The van der Waals surface area contributed by atoms with Gasteiger partial charge in [0.15, 0.2) is 11.5 Å². The molecule has 0 saturated carbocycles. The van der Waals surface area contributed by atoms with Crippen LogP contribution in [-0.2, 0) is 22.6 Å². The number of halogens is 1. The largest absolute Gasteiger partial charge is 0.493 e. The Bertz CT molecular complexity index is 715. The van der Waals surface area contributed by atoms with E-state index in [1.165, 1.54) is 7.11 Å². The van der Waals surface area contributed by atoms with Gasteiger partial charge in [-0.2, -0.15) is 0 Å². The zero-order chi connectivity index (χ0) is 17.5. The van der Waals surface area contributed by atoms with Crippen LogP contribution in [0.1, 0.15) is 18.1 Å². The lowest BCUT2D eigenvalue weighted by atomic mass is 10.1. The predicted octanol–water partition coefficient (Wildman–Crippen LogP) is 3.74. The lowest BCUT2D eigenvalue weighted by Crippen LogP contribution is -2.07. The second kappa shape index (κ2) is 8.57. The Morgan fingerprint density at radius 3 is 2.54 bits per heavy atom. The summed E-state index contributed by atoms with van der Waals surface area (Å²) in [7, 11) is 1.53. The maximum Gasteiger partial charge on any atom is 0.310 e. The van der Waals surface area contributed by atoms with Crippen LogP contribution in [-0.4, -0.2) is 24.8 Å². The van der Waals surface area contributed by atoms with Crippen molar-refractivity contribution in [1.29, 1.82) is 0 Å². The van der Waals surface area contributed by atoms with Gasteiger partial charge in [0.2, 0.25) is 0 Å². The van der Waals surface area contributed by atoms with Crippen molar-refractivity contribution in [3.63, 3.8) is 0 Å². The third-order valence-electron chi connectivity index (χ3n) is 3.29. The third kappa shape index (κ3) is 4.63. The summed E-state index contributed by atoms with van der Waals surface area (Å²) in [5.74, 6) is 1.11. The molecule has 0 fully saturated rings. The van der Waals surface area contributed by atoms with Crippen molar-refractivity contribution >= 4 is 17.6 Å². The predicted molar refractivity (Wildman–Crippen MR) is 90.8 cm³/mol. The number of carbonyl (C=O) groups is 1. The van der Waals surface area contributed by atoms with E-state index in [1.807, 2.05) is 0 Å². The average molecular weight is 351 g/mol. The van der Waals surface area contributed by atoms with Gasteiger partial charge in [-0.3, -0.25) is 4.79 Å². The molecule has 0 spiro atoms. The van der Waals surface area contributed by atoms with Gasteiger partial charge >= 0.3 is 5.97 Å². The minimum atomic E-state index is -0.309.